The minimum atomic E-state index is -0.978. The summed E-state index contributed by atoms with van der Waals surface area (Å²) >= 11 is 4.92. The van der Waals surface area contributed by atoms with Crippen LogP contribution in [0.25, 0.3) is 0 Å². The molecule has 6 aliphatic heterocycles. The number of ether oxygens (including phenoxy) is 2. The number of nitrogens with one attached hydrogen (secondary N) is 4. The number of Topliss-reactive ketones (excluding diaryl/α,β-unsaturated/α-hetero) is 2. The number of rotatable bonds is 55. The number of hydroxylamine groups is 2. The second-order valence-electron chi connectivity index (χ2n) is 31.3. The number of amides is 16. The summed E-state index contributed by atoms with van der Waals surface area (Å²) in [7, 11) is 0. The molecule has 8 N–H and O–H groups in total. The second kappa shape index (κ2) is 68.8. The van der Waals surface area contributed by atoms with Gasteiger partial charge in [0.25, 0.3) is 70.4 Å². The molecule has 0 aromatic heterocycles. The Morgan fingerprint density at radius 1 is 0.372 bits per heavy atom. The number of nitrogens with zero attached hydrogens (tertiary/aromatic N) is 8. The Morgan fingerprint density at radius 2 is 0.650 bits per heavy atom. The number of nitro benzene ring substituents is 2. The topological polar surface area (TPSA) is 641 Å². The van der Waals surface area contributed by atoms with E-state index in [0.717, 1.165) is 160 Å². The number of likely N-dealkylation sites (tertiary alicyclic amines) is 1. The maximum absolute atomic E-state index is 11.8. The maximum Gasteiger partial charge on any atom is 0.409 e. The first kappa shape index (κ1) is 119. The average Bonchev–Trinajstić information content (AvgIpc) is 1.70. The first-order valence-electron chi connectivity index (χ1n) is 45.0. The van der Waals surface area contributed by atoms with Crippen LogP contribution in [0.1, 0.15) is 239 Å². The molecule has 2 fully saturated rings. The third-order valence-electron chi connectivity index (χ3n) is 20.0. The summed E-state index contributed by atoms with van der Waals surface area (Å²) in [5.74, 6) is -7.68. The van der Waals surface area contributed by atoms with Gasteiger partial charge < -0.3 is 61.1 Å². The van der Waals surface area contributed by atoms with Crippen molar-refractivity contribution in [2.24, 2.45) is 11.7 Å². The monoisotopic (exact) mass is 1940 g/mol. The molecule has 16 amide bonds. The minimum Gasteiger partial charge on any atom is -0.481 e. The van der Waals surface area contributed by atoms with Crippen LogP contribution in [0, 0.1) is 26.1 Å². The first-order valence-corrected chi connectivity index (χ1v) is 45.3. The van der Waals surface area contributed by atoms with Crippen LogP contribution in [0.2, 0.25) is 0 Å². The Morgan fingerprint density at radius 3 is 0.934 bits per heavy atom. The van der Waals surface area contributed by atoms with Gasteiger partial charge in [-0.25, -0.2) is 9.59 Å². The number of hydrogen-bond donors (Lipinski definition) is 7. The number of non-ortho nitro benzene ring substituents is 2. The summed E-state index contributed by atoms with van der Waals surface area (Å²) in [5, 5.41) is 49.0. The molecule has 0 aliphatic carbocycles. The number of carbonyl (C=O) groups excluding carboxylic acids is 21. The van der Waals surface area contributed by atoms with Gasteiger partial charge in [0.1, 0.15) is 23.1 Å². The van der Waals surface area contributed by atoms with Gasteiger partial charge in [0, 0.05) is 226 Å². The van der Waals surface area contributed by atoms with E-state index in [-0.39, 0.29) is 196 Å². The van der Waals surface area contributed by atoms with Gasteiger partial charge in [-0.2, -0.15) is 0 Å². The number of nitro groups is 2. The summed E-state index contributed by atoms with van der Waals surface area (Å²) in [6, 6.07) is 10.3. The van der Waals surface area contributed by atoms with Gasteiger partial charge in [-0.05, 0) is 109 Å². The number of carboxylic acid groups (broad SMARTS) is 2. The van der Waals surface area contributed by atoms with Crippen LogP contribution in [0.4, 0.5) is 16.2 Å². The van der Waals surface area contributed by atoms with Crippen LogP contribution < -0.4 is 36.5 Å². The molecule has 2 saturated heterocycles. The zero-order chi connectivity index (χ0) is 102. The summed E-state index contributed by atoms with van der Waals surface area (Å²) in [6.07, 6.45) is 30.5. The van der Waals surface area contributed by atoms with E-state index in [2.05, 4.69) is 30.8 Å². The van der Waals surface area contributed by atoms with Gasteiger partial charge in [-0.3, -0.25) is 136 Å². The Balaban J connectivity index is 0.000000551. The van der Waals surface area contributed by atoms with Crippen LogP contribution in [-0.4, -0.2) is 250 Å². The fourth-order valence-corrected chi connectivity index (χ4v) is 12.6. The molecular formula is C91H122ClN13O32. The van der Waals surface area contributed by atoms with Crippen molar-refractivity contribution < 1.29 is 145 Å². The second-order valence-corrected chi connectivity index (χ2v) is 31.6. The van der Waals surface area contributed by atoms with E-state index in [0.29, 0.717) is 63.3 Å². The van der Waals surface area contributed by atoms with E-state index in [1.807, 2.05) is 0 Å². The normalized spacial score (nSPS) is 14.2. The highest BCUT2D eigenvalue weighted by Crippen LogP contribution is 2.23. The smallest absolute Gasteiger partial charge is 0.409 e. The average molecular weight is 1950 g/mol. The van der Waals surface area contributed by atoms with Crippen molar-refractivity contribution in [2.45, 2.75) is 239 Å². The highest BCUT2D eigenvalue weighted by molar-refractivity contribution is 6.61. The SMILES string of the molecule is CC(=O)CCCCCCNC(=O)CCN1C(=O)C=CC1=O.CC(=O)CCCCCCNC(=O)CCN1C(=O)CC(C)C1=O.NCCCCCCCC(=O)O.O=C(CCN1C(=O)C=CC1=O)NCCCCCCC(=O)Oc1ccc([N+](=O)[O-])cc1.O=C(CCN1C(=O)C=CC1=O)ON1C(=O)CCC1=O.O=C(Cl)Oc1ccc([N+](=O)[O-])cc1.O=C(O)CCCCCCNC(=O)CCN1C(=O)C=CC1=O. The molecule has 750 valence electrons. The number of hydrogen-bond acceptors (Lipinski definition) is 31. The highest BCUT2D eigenvalue weighted by Gasteiger charge is 2.37. The van der Waals surface area contributed by atoms with E-state index in [1.165, 1.54) is 89.9 Å². The number of benzene rings is 2. The lowest BCUT2D eigenvalue weighted by Crippen LogP contribution is -2.35. The summed E-state index contributed by atoms with van der Waals surface area (Å²) in [5.41, 5.74) is 4.17. The van der Waals surface area contributed by atoms with Gasteiger partial charge >= 0.3 is 29.3 Å². The lowest BCUT2D eigenvalue weighted by Gasteiger charge is -2.15. The fraction of sp³-hybridized carbons (Fsp3) is 0.527. The van der Waals surface area contributed by atoms with Crippen molar-refractivity contribution in [1.82, 2.24) is 50.8 Å². The molecule has 2 aromatic rings. The van der Waals surface area contributed by atoms with Crippen molar-refractivity contribution in [2.75, 3.05) is 65.4 Å². The third-order valence-corrected chi connectivity index (χ3v) is 20.1. The Bertz CT molecular complexity index is 4480. The predicted molar refractivity (Wildman–Crippen MR) is 486 cm³/mol. The van der Waals surface area contributed by atoms with E-state index in [9.17, 15) is 131 Å². The van der Waals surface area contributed by atoms with Crippen molar-refractivity contribution in [3.05, 3.63) is 117 Å². The largest absolute Gasteiger partial charge is 0.481 e. The first-order chi connectivity index (χ1) is 65.1. The molecule has 6 heterocycles. The van der Waals surface area contributed by atoms with Gasteiger partial charge in [0.05, 0.1) is 16.3 Å². The van der Waals surface area contributed by atoms with Gasteiger partial charge in [-0.1, -0.05) is 77.6 Å². The lowest BCUT2D eigenvalue weighted by atomic mass is 10.1. The standard InChI is InChI=1S/C20H23N3O7.C16H26N2O4.C15H22N2O4.C14H20N2O5.C11H10N2O6.C8H17NO2.C7H4ClNO4/c24-17(12-14-22-18(25)10-11-19(22)26)21-13-4-2-1-3-5-20(27)30-16-8-6-15(7-9-16)23(28)29;1-12-11-15(21)18(16(12)22)10-8-14(20)17-9-6-4-3-5-7-13(2)19;1-12(18)6-4-2-3-5-10-16-13(19)9-11-17-14(20)7-8-15(17)21;17-11(8-10-16-12(18)6-7-13(16)19)15-9-4-2-1-3-5-14(20)21;14-7-1-2-8(15)12(7)6-5-11(18)19-13-9(16)3-4-10(13)17;9-7-5-3-1-2-4-6-8(10)11;8-7(10)13-6-3-1-5(2-4-6)9(11)12/h6-11H,1-5,12-14H2,(H,21,24);12H,3-11H2,1-2H3,(H,17,20);7-8H,2-6,9-11H2,1H3,(H,16,19);6-7H,1-5,8-10H2,(H,15,17)(H,20,21);1-2H,3-6H2;1-7,9H2,(H,10,11);1-4H. The molecule has 45 nitrogen and oxygen atoms in total. The summed E-state index contributed by atoms with van der Waals surface area (Å²) in [6.45, 7) is 8.13. The van der Waals surface area contributed by atoms with Crippen molar-refractivity contribution >= 4 is 158 Å². The van der Waals surface area contributed by atoms with Crippen LogP contribution in [0.3, 0.4) is 0 Å². The zero-order valence-electron chi connectivity index (χ0n) is 77.1. The Kier molecular flexibility index (Phi) is 59.7. The molecule has 8 rings (SSSR count). The maximum atomic E-state index is 11.8. The lowest BCUT2D eigenvalue weighted by molar-refractivity contribution is -0.385. The van der Waals surface area contributed by atoms with Gasteiger partial charge in [0.15, 0.2) is 0 Å². The number of unbranched alkanes of at least 4 members (excludes halogenated alkanes) is 16. The molecule has 0 radical (unpaired) electrons. The molecule has 46 heteroatoms. The van der Waals surface area contributed by atoms with Crippen LogP contribution in [0.15, 0.2) is 97.1 Å². The van der Waals surface area contributed by atoms with Gasteiger partial charge in [0.2, 0.25) is 35.4 Å². The van der Waals surface area contributed by atoms with E-state index >= 15 is 0 Å². The Hall–Kier alpha value is -14.1. The number of ketones is 2. The number of imide groups is 6. The molecule has 1 atom stereocenters. The van der Waals surface area contributed by atoms with Crippen LogP contribution in [-0.2, 0) is 110 Å². The molecule has 0 spiro atoms. The van der Waals surface area contributed by atoms with Crippen molar-refractivity contribution in [3.8, 4) is 11.5 Å². The number of aliphatic carboxylic acids is 2. The molecular weight excluding hydrogens is 1820 g/mol. The minimum absolute atomic E-state index is 0.0130. The molecule has 1 unspecified atom stereocenters. The van der Waals surface area contributed by atoms with Crippen molar-refractivity contribution in [1.29, 1.82) is 0 Å². The van der Waals surface area contributed by atoms with Crippen molar-refractivity contribution in [3.63, 3.8) is 0 Å². The summed E-state index contributed by atoms with van der Waals surface area (Å²) < 4.78 is 9.57. The summed E-state index contributed by atoms with van der Waals surface area (Å²) in [4.78, 5) is 287. The molecule has 137 heavy (non-hydrogen) atoms. The number of carbonyl (C=O) groups is 23. The quantitative estimate of drug-likeness (QED) is 0.00648. The number of nitrogens with two attached hydrogens (primary N) is 1. The molecule has 6 aliphatic rings. The zero-order valence-corrected chi connectivity index (χ0v) is 77.9. The van der Waals surface area contributed by atoms with E-state index < -0.39 is 74.6 Å². The Labute approximate surface area is 795 Å². The number of halogens is 1. The third kappa shape index (κ3) is 54.1. The number of carboxylic acids is 2. The van der Waals surface area contributed by atoms with E-state index in [1.54, 1.807) is 20.8 Å². The van der Waals surface area contributed by atoms with Gasteiger partial charge in [-0.15, -0.1) is 5.06 Å². The molecule has 2 aromatic carbocycles. The number of esters is 1. The fourth-order valence-electron chi connectivity index (χ4n) is 12.5. The van der Waals surface area contributed by atoms with Crippen LogP contribution in [0.5, 0.6) is 11.5 Å². The highest BCUT2D eigenvalue weighted by atomic mass is 35.5. The molecule has 0 saturated carbocycles. The van der Waals surface area contributed by atoms with E-state index in [4.69, 9.17) is 32.3 Å². The van der Waals surface area contributed by atoms with Crippen LogP contribution >= 0.6 is 11.6 Å². The molecule has 0 bridgehead atoms. The predicted octanol–water partition coefficient (Wildman–Crippen LogP) is 7.33.